The van der Waals surface area contributed by atoms with Crippen LogP contribution in [0.3, 0.4) is 0 Å². The van der Waals surface area contributed by atoms with Gasteiger partial charge in [0.25, 0.3) is 5.91 Å². The number of esters is 1. The molecule has 3 rings (SSSR count). The molecule has 39 heavy (non-hydrogen) atoms. The lowest BCUT2D eigenvalue weighted by Gasteiger charge is -2.15. The molecule has 11 nitrogen and oxygen atoms in total. The Labute approximate surface area is 226 Å². The minimum atomic E-state index is -0.652. The van der Waals surface area contributed by atoms with Crippen molar-refractivity contribution in [2.45, 2.75) is 6.92 Å². The zero-order valence-electron chi connectivity index (χ0n) is 22.3. The Hall–Kier alpha value is -4.93. The summed E-state index contributed by atoms with van der Waals surface area (Å²) in [5.41, 5.74) is 3.19. The smallest absolute Gasteiger partial charge is 0.343 e. The molecule has 1 N–H and O–H groups in total. The molecule has 0 saturated heterocycles. The van der Waals surface area contributed by atoms with Gasteiger partial charge in [-0.15, -0.1) is 0 Å². The lowest BCUT2D eigenvalue weighted by atomic mass is 10.1. The molecule has 0 atom stereocenters. The average molecular weight is 539 g/mol. The van der Waals surface area contributed by atoms with Crippen molar-refractivity contribution in [1.82, 2.24) is 5.43 Å². The molecule has 0 fully saturated rings. The van der Waals surface area contributed by atoms with Gasteiger partial charge >= 0.3 is 5.97 Å². The van der Waals surface area contributed by atoms with Crippen LogP contribution in [0.1, 0.15) is 22.8 Å². The van der Waals surface area contributed by atoms with Crippen molar-refractivity contribution >= 4 is 18.1 Å². The first-order chi connectivity index (χ1) is 18.9. The Morgan fingerprint density at radius 3 is 2.03 bits per heavy atom. The summed E-state index contributed by atoms with van der Waals surface area (Å²) in [6.45, 7) is 1.91. The van der Waals surface area contributed by atoms with Crippen molar-refractivity contribution in [2.75, 3.05) is 41.7 Å². The summed E-state index contributed by atoms with van der Waals surface area (Å²) >= 11 is 0. The van der Waals surface area contributed by atoms with Gasteiger partial charge < -0.3 is 33.2 Å². The third-order valence-corrected chi connectivity index (χ3v) is 5.20. The zero-order chi connectivity index (χ0) is 28.2. The Balaban J connectivity index is 1.65. The number of rotatable bonds is 13. The second kappa shape index (κ2) is 14.1. The first kappa shape index (κ1) is 28.6. The molecule has 0 aliphatic carbocycles. The molecule has 0 bridgehead atoms. The number of hydrazone groups is 1. The molecule has 0 aromatic heterocycles. The first-order valence-electron chi connectivity index (χ1n) is 11.8. The van der Waals surface area contributed by atoms with Crippen molar-refractivity contribution in [3.05, 3.63) is 65.7 Å². The van der Waals surface area contributed by atoms with Gasteiger partial charge in [-0.2, -0.15) is 5.10 Å². The third-order valence-electron chi connectivity index (χ3n) is 5.20. The van der Waals surface area contributed by atoms with Crippen molar-refractivity contribution < 1.29 is 42.7 Å². The van der Waals surface area contributed by atoms with Crippen LogP contribution in [-0.2, 0) is 4.79 Å². The van der Waals surface area contributed by atoms with Gasteiger partial charge in [0, 0.05) is 0 Å². The Bertz CT molecular complexity index is 1280. The van der Waals surface area contributed by atoms with E-state index >= 15 is 0 Å². The fraction of sp³-hybridized carbons (Fsp3) is 0.250. The van der Waals surface area contributed by atoms with E-state index in [-0.39, 0.29) is 17.9 Å². The number of carbonyl (C=O) groups is 2. The predicted molar refractivity (Wildman–Crippen MR) is 143 cm³/mol. The summed E-state index contributed by atoms with van der Waals surface area (Å²) in [6.07, 6.45) is 1.43. The fourth-order valence-corrected chi connectivity index (χ4v) is 3.35. The molecule has 0 aliphatic heterocycles. The highest BCUT2D eigenvalue weighted by Gasteiger charge is 2.20. The van der Waals surface area contributed by atoms with Gasteiger partial charge in [-0.25, -0.2) is 10.2 Å². The number of nitrogens with zero attached hydrogens (tertiary/aromatic N) is 1. The average Bonchev–Trinajstić information content (AvgIpc) is 2.96. The molecule has 0 aliphatic rings. The molecule has 1 amide bonds. The first-order valence-corrected chi connectivity index (χ1v) is 11.8. The van der Waals surface area contributed by atoms with E-state index < -0.39 is 11.9 Å². The van der Waals surface area contributed by atoms with Crippen LogP contribution in [0.15, 0.2) is 59.7 Å². The van der Waals surface area contributed by atoms with Crippen LogP contribution in [0.2, 0.25) is 0 Å². The van der Waals surface area contributed by atoms with E-state index in [2.05, 4.69) is 10.5 Å². The van der Waals surface area contributed by atoms with E-state index in [4.69, 9.17) is 33.2 Å². The summed E-state index contributed by atoms with van der Waals surface area (Å²) in [5, 5.41) is 3.95. The molecular formula is C28H30N2O9. The molecule has 3 aromatic carbocycles. The number of methoxy groups -OCH3 is 4. The number of amides is 1. The fourth-order valence-electron chi connectivity index (χ4n) is 3.35. The second-order valence-electron chi connectivity index (χ2n) is 7.70. The Morgan fingerprint density at radius 1 is 0.769 bits per heavy atom. The molecule has 0 unspecified atom stereocenters. The maximum Gasteiger partial charge on any atom is 0.343 e. The lowest BCUT2D eigenvalue weighted by Crippen LogP contribution is -2.24. The number of benzene rings is 3. The van der Waals surface area contributed by atoms with Crippen molar-refractivity contribution in [3.63, 3.8) is 0 Å². The van der Waals surface area contributed by atoms with Crippen LogP contribution in [0.4, 0.5) is 0 Å². The minimum Gasteiger partial charge on any atom is -0.497 e. The van der Waals surface area contributed by atoms with Gasteiger partial charge in [0.2, 0.25) is 5.75 Å². The van der Waals surface area contributed by atoms with Crippen LogP contribution in [0, 0.1) is 0 Å². The number of hydrogen-bond donors (Lipinski definition) is 1. The normalized spacial score (nSPS) is 10.5. The summed E-state index contributed by atoms with van der Waals surface area (Å²) in [6, 6.07) is 14.7. The van der Waals surface area contributed by atoms with E-state index in [1.807, 2.05) is 0 Å². The van der Waals surface area contributed by atoms with Gasteiger partial charge in [-0.3, -0.25) is 4.79 Å². The summed E-state index contributed by atoms with van der Waals surface area (Å²) < 4.78 is 37.6. The highest BCUT2D eigenvalue weighted by Crippen LogP contribution is 2.39. The highest BCUT2D eigenvalue weighted by molar-refractivity contribution is 5.93. The highest BCUT2D eigenvalue weighted by atomic mass is 16.6. The van der Waals surface area contributed by atoms with E-state index in [9.17, 15) is 9.59 Å². The second-order valence-corrected chi connectivity index (χ2v) is 7.70. The Morgan fingerprint density at radius 2 is 1.44 bits per heavy atom. The molecule has 206 valence electrons. The van der Waals surface area contributed by atoms with Crippen LogP contribution >= 0.6 is 0 Å². The van der Waals surface area contributed by atoms with E-state index in [1.165, 1.54) is 39.7 Å². The van der Waals surface area contributed by atoms with Gasteiger partial charge in [0.1, 0.15) is 11.5 Å². The summed E-state index contributed by atoms with van der Waals surface area (Å²) in [5.74, 6) is 1.62. The molecule has 11 heteroatoms. The quantitative estimate of drug-likeness (QED) is 0.150. The van der Waals surface area contributed by atoms with Gasteiger partial charge in [-0.05, 0) is 67.1 Å². The zero-order valence-corrected chi connectivity index (χ0v) is 22.3. The lowest BCUT2D eigenvalue weighted by molar-refractivity contribution is -0.123. The van der Waals surface area contributed by atoms with Gasteiger partial charge in [0.15, 0.2) is 29.6 Å². The van der Waals surface area contributed by atoms with E-state index in [1.54, 1.807) is 56.5 Å². The molecule has 0 heterocycles. The van der Waals surface area contributed by atoms with Crippen molar-refractivity contribution in [1.29, 1.82) is 0 Å². The molecule has 0 radical (unpaired) electrons. The van der Waals surface area contributed by atoms with Crippen LogP contribution < -0.4 is 38.6 Å². The molecule has 0 spiro atoms. The number of ether oxygens (including phenoxy) is 7. The van der Waals surface area contributed by atoms with Gasteiger partial charge in [0.05, 0.1) is 46.8 Å². The SMILES string of the molecule is CCOc1cc(C=NNC(=O)COc2ccc(OC)cc2)ccc1OC(=O)c1cc(OC)c(OC)c(OC)c1. The summed E-state index contributed by atoms with van der Waals surface area (Å²) in [7, 11) is 5.95. The summed E-state index contributed by atoms with van der Waals surface area (Å²) in [4.78, 5) is 25.0. The minimum absolute atomic E-state index is 0.192. The van der Waals surface area contributed by atoms with Crippen molar-refractivity contribution in [2.24, 2.45) is 5.10 Å². The molecule has 0 saturated carbocycles. The number of nitrogens with one attached hydrogen (secondary N) is 1. The predicted octanol–water partition coefficient (Wildman–Crippen LogP) is 3.87. The van der Waals surface area contributed by atoms with Crippen LogP contribution in [0.25, 0.3) is 0 Å². The third kappa shape index (κ3) is 7.78. The Kier molecular flexibility index (Phi) is 10.4. The van der Waals surface area contributed by atoms with Gasteiger partial charge in [-0.1, -0.05) is 0 Å². The van der Waals surface area contributed by atoms with Crippen molar-refractivity contribution in [3.8, 4) is 40.2 Å². The maximum atomic E-state index is 12.9. The largest absolute Gasteiger partial charge is 0.497 e. The molecular weight excluding hydrogens is 508 g/mol. The number of carbonyl (C=O) groups excluding carboxylic acids is 2. The maximum absolute atomic E-state index is 12.9. The topological polar surface area (TPSA) is 123 Å². The standard InChI is InChI=1S/C28H30N2O9/c1-6-37-23-13-18(16-29-30-26(31)17-38-21-10-8-20(33-2)9-11-21)7-12-22(23)39-28(32)19-14-24(34-3)27(36-5)25(15-19)35-4/h7-16H,6,17H2,1-5H3,(H,30,31). The van der Waals surface area contributed by atoms with E-state index in [0.717, 1.165) is 0 Å². The van der Waals surface area contributed by atoms with E-state index in [0.29, 0.717) is 46.7 Å². The van der Waals surface area contributed by atoms with Crippen LogP contribution in [0.5, 0.6) is 40.2 Å². The monoisotopic (exact) mass is 538 g/mol. The van der Waals surface area contributed by atoms with Crippen LogP contribution in [-0.4, -0.2) is 59.7 Å². The number of hydrogen-bond acceptors (Lipinski definition) is 10. The molecule has 3 aromatic rings.